The lowest BCUT2D eigenvalue weighted by Gasteiger charge is -2.23. The molecular formula is C12H20N2O2S2. The lowest BCUT2D eigenvalue weighted by Crippen LogP contribution is -2.36. The first-order valence-electron chi connectivity index (χ1n) is 6.18. The van der Waals surface area contributed by atoms with Crippen LogP contribution in [0.5, 0.6) is 0 Å². The van der Waals surface area contributed by atoms with Gasteiger partial charge in [0.05, 0.1) is 0 Å². The second kappa shape index (κ2) is 5.28. The van der Waals surface area contributed by atoms with Crippen molar-refractivity contribution in [1.82, 2.24) is 9.62 Å². The van der Waals surface area contributed by atoms with Crippen LogP contribution in [0.3, 0.4) is 0 Å². The molecule has 1 aliphatic rings. The van der Waals surface area contributed by atoms with Crippen molar-refractivity contribution in [2.24, 2.45) is 5.92 Å². The molecule has 6 heteroatoms. The summed E-state index contributed by atoms with van der Waals surface area (Å²) in [6, 6.07) is 3.69. The zero-order valence-electron chi connectivity index (χ0n) is 11.0. The Balaban J connectivity index is 2.17. The first kappa shape index (κ1) is 14.0. The maximum atomic E-state index is 12.4. The minimum absolute atomic E-state index is 0.102. The van der Waals surface area contributed by atoms with E-state index >= 15 is 0 Å². The first-order valence-corrected chi connectivity index (χ1v) is 8.44. The van der Waals surface area contributed by atoms with Gasteiger partial charge >= 0.3 is 0 Å². The van der Waals surface area contributed by atoms with E-state index in [9.17, 15) is 8.42 Å². The molecular weight excluding hydrogens is 268 g/mol. The van der Waals surface area contributed by atoms with Crippen LogP contribution in [0.15, 0.2) is 16.3 Å². The van der Waals surface area contributed by atoms with Crippen molar-refractivity contribution in [3.63, 3.8) is 0 Å². The SMILES string of the molecule is CNCc1ccc(S(=O)(=O)N(C)C(C)C2CC2)s1. The predicted molar refractivity (Wildman–Crippen MR) is 74.2 cm³/mol. The van der Waals surface area contributed by atoms with Crippen LogP contribution >= 0.6 is 11.3 Å². The third-order valence-corrected chi connectivity index (χ3v) is 7.00. The van der Waals surface area contributed by atoms with Gasteiger partial charge < -0.3 is 5.32 Å². The number of hydrogen-bond donors (Lipinski definition) is 1. The van der Waals surface area contributed by atoms with Crippen molar-refractivity contribution in [1.29, 1.82) is 0 Å². The van der Waals surface area contributed by atoms with Crippen molar-refractivity contribution in [2.75, 3.05) is 14.1 Å². The normalized spacial score (nSPS) is 18.2. The van der Waals surface area contributed by atoms with Crippen molar-refractivity contribution >= 4 is 21.4 Å². The first-order chi connectivity index (χ1) is 8.46. The maximum Gasteiger partial charge on any atom is 0.252 e. The zero-order chi connectivity index (χ0) is 13.3. The topological polar surface area (TPSA) is 49.4 Å². The summed E-state index contributed by atoms with van der Waals surface area (Å²) in [5.74, 6) is 0.543. The van der Waals surface area contributed by atoms with Gasteiger partial charge in [0.1, 0.15) is 4.21 Å². The minimum Gasteiger partial charge on any atom is -0.315 e. The minimum atomic E-state index is -3.32. The third kappa shape index (κ3) is 2.77. The molecule has 1 aromatic rings. The molecule has 1 atom stereocenters. The molecule has 18 heavy (non-hydrogen) atoms. The average molecular weight is 288 g/mol. The van der Waals surface area contributed by atoms with Crippen molar-refractivity contribution in [3.05, 3.63) is 17.0 Å². The molecule has 2 rings (SSSR count). The molecule has 1 unspecified atom stereocenters. The van der Waals surface area contributed by atoms with Crippen LogP contribution < -0.4 is 5.32 Å². The quantitative estimate of drug-likeness (QED) is 0.869. The molecule has 0 amide bonds. The van der Waals surface area contributed by atoms with Crippen LogP contribution in [0.2, 0.25) is 0 Å². The predicted octanol–water partition coefficient (Wildman–Crippen LogP) is 1.89. The number of hydrogen-bond acceptors (Lipinski definition) is 4. The van der Waals surface area contributed by atoms with Gasteiger partial charge in [-0.3, -0.25) is 0 Å². The average Bonchev–Trinajstić information content (AvgIpc) is 3.07. The Kier molecular flexibility index (Phi) is 4.11. The Morgan fingerprint density at radius 1 is 1.50 bits per heavy atom. The molecule has 0 aromatic carbocycles. The van der Waals surface area contributed by atoms with E-state index in [1.54, 1.807) is 13.1 Å². The van der Waals surface area contributed by atoms with Gasteiger partial charge in [0.15, 0.2) is 0 Å². The van der Waals surface area contributed by atoms with E-state index in [0.29, 0.717) is 16.7 Å². The van der Waals surface area contributed by atoms with E-state index in [1.165, 1.54) is 15.6 Å². The molecule has 0 bridgehead atoms. The van der Waals surface area contributed by atoms with Gasteiger partial charge in [-0.2, -0.15) is 4.31 Å². The number of rotatable bonds is 6. The Morgan fingerprint density at radius 2 is 2.17 bits per heavy atom. The van der Waals surface area contributed by atoms with Crippen molar-refractivity contribution in [3.8, 4) is 0 Å². The van der Waals surface area contributed by atoms with E-state index in [2.05, 4.69) is 5.32 Å². The Morgan fingerprint density at radius 3 is 2.72 bits per heavy atom. The smallest absolute Gasteiger partial charge is 0.252 e. The summed E-state index contributed by atoms with van der Waals surface area (Å²) >= 11 is 1.35. The molecule has 1 aromatic heterocycles. The fourth-order valence-corrected chi connectivity index (χ4v) is 4.98. The van der Waals surface area contributed by atoms with Gasteiger partial charge in [-0.15, -0.1) is 11.3 Å². The molecule has 0 aliphatic heterocycles. The Labute approximate surface area is 113 Å². The van der Waals surface area contributed by atoms with Gasteiger partial charge in [0, 0.05) is 24.5 Å². The van der Waals surface area contributed by atoms with Gasteiger partial charge in [-0.05, 0) is 44.9 Å². The number of nitrogens with zero attached hydrogens (tertiary/aromatic N) is 1. The summed E-state index contributed by atoms with van der Waals surface area (Å²) in [5, 5.41) is 3.03. The van der Waals surface area contributed by atoms with Crippen LogP contribution in [0.1, 0.15) is 24.6 Å². The molecule has 1 saturated carbocycles. The highest BCUT2D eigenvalue weighted by molar-refractivity contribution is 7.91. The fourth-order valence-electron chi connectivity index (χ4n) is 2.00. The second-order valence-corrected chi connectivity index (χ2v) is 8.24. The summed E-state index contributed by atoms with van der Waals surface area (Å²) in [6.45, 7) is 2.71. The van der Waals surface area contributed by atoms with Gasteiger partial charge in [-0.1, -0.05) is 0 Å². The van der Waals surface area contributed by atoms with E-state index in [-0.39, 0.29) is 6.04 Å². The zero-order valence-corrected chi connectivity index (χ0v) is 12.6. The standard InChI is InChI=1S/C12H20N2O2S2/c1-9(10-4-5-10)14(3)18(15,16)12-7-6-11(17-12)8-13-2/h6-7,9-10,13H,4-5,8H2,1-3H3. The lowest BCUT2D eigenvalue weighted by molar-refractivity contribution is 0.358. The third-order valence-electron chi connectivity index (χ3n) is 3.50. The lowest BCUT2D eigenvalue weighted by atomic mass is 10.2. The van der Waals surface area contributed by atoms with Gasteiger partial charge in [-0.25, -0.2) is 8.42 Å². The van der Waals surface area contributed by atoms with Gasteiger partial charge in [0.25, 0.3) is 10.0 Å². The van der Waals surface area contributed by atoms with Crippen LogP contribution in [0.4, 0.5) is 0 Å². The second-order valence-electron chi connectivity index (χ2n) is 4.85. The summed E-state index contributed by atoms with van der Waals surface area (Å²) in [5.41, 5.74) is 0. The molecule has 102 valence electrons. The fraction of sp³-hybridized carbons (Fsp3) is 0.667. The molecule has 4 nitrogen and oxygen atoms in total. The molecule has 1 N–H and O–H groups in total. The van der Waals surface area contributed by atoms with Crippen molar-refractivity contribution < 1.29 is 8.42 Å². The highest BCUT2D eigenvalue weighted by atomic mass is 32.2. The number of thiophene rings is 1. The highest BCUT2D eigenvalue weighted by Crippen LogP contribution is 2.37. The monoisotopic (exact) mass is 288 g/mol. The molecule has 1 fully saturated rings. The van der Waals surface area contributed by atoms with Crippen LogP contribution in [-0.2, 0) is 16.6 Å². The van der Waals surface area contributed by atoms with E-state index in [1.807, 2.05) is 20.0 Å². The summed E-state index contributed by atoms with van der Waals surface area (Å²) in [4.78, 5) is 1.04. The van der Waals surface area contributed by atoms with E-state index < -0.39 is 10.0 Å². The molecule has 1 aliphatic carbocycles. The molecule has 1 heterocycles. The maximum absolute atomic E-state index is 12.4. The van der Waals surface area contributed by atoms with E-state index in [0.717, 1.165) is 17.7 Å². The van der Waals surface area contributed by atoms with Crippen molar-refractivity contribution in [2.45, 2.75) is 36.6 Å². The van der Waals surface area contributed by atoms with Gasteiger partial charge in [0.2, 0.25) is 0 Å². The van der Waals surface area contributed by atoms with Crippen LogP contribution in [-0.4, -0.2) is 32.9 Å². The summed E-state index contributed by atoms with van der Waals surface area (Å²) in [6.07, 6.45) is 2.30. The van der Waals surface area contributed by atoms with Crippen LogP contribution in [0.25, 0.3) is 0 Å². The Bertz CT molecular complexity index is 506. The Hall–Kier alpha value is -0.430. The number of sulfonamides is 1. The molecule has 0 saturated heterocycles. The highest BCUT2D eigenvalue weighted by Gasteiger charge is 2.36. The molecule has 0 radical (unpaired) electrons. The van der Waals surface area contributed by atoms with E-state index in [4.69, 9.17) is 0 Å². The van der Waals surface area contributed by atoms with Crippen LogP contribution in [0, 0.1) is 5.92 Å². The molecule has 0 spiro atoms. The summed E-state index contributed by atoms with van der Waals surface area (Å²) in [7, 11) is 0.230. The number of nitrogens with one attached hydrogen (secondary N) is 1. The summed E-state index contributed by atoms with van der Waals surface area (Å²) < 4.78 is 26.9. The largest absolute Gasteiger partial charge is 0.315 e.